The Morgan fingerprint density at radius 2 is 2.13 bits per heavy atom. The van der Waals surface area contributed by atoms with Gasteiger partial charge in [0.05, 0.1) is 6.61 Å². The minimum absolute atomic E-state index is 0.0570. The highest BCUT2D eigenvalue weighted by molar-refractivity contribution is 8.15. The molecular weight excluding hydrogens is 416 g/mol. The van der Waals surface area contributed by atoms with Crippen molar-refractivity contribution >= 4 is 22.7 Å². The first-order chi connectivity index (χ1) is 14.3. The molecule has 2 aliphatic rings. The smallest absolute Gasteiger partial charge is 0.241 e. The average molecular weight is 433 g/mol. The standard InChI is InChI=1S/C20H17F2N3O4S/c1-12(26)25-20(30-19(23-25)15-7-6-14(21)10-17(15)22)13(8-9-24(27)28)11-29-18-5-3-2-4-16(18)20/h2-7,10,13H,8-9,11H2,1H3/t13-,20+/m1/s1. The summed E-state index contributed by atoms with van der Waals surface area (Å²) in [5.41, 5.74) is 0.688. The Bertz CT molecular complexity index is 1060. The molecule has 2 aromatic carbocycles. The molecule has 0 N–H and O–H groups in total. The molecule has 0 unspecified atom stereocenters. The molecule has 30 heavy (non-hydrogen) atoms. The Labute approximate surface area is 174 Å². The van der Waals surface area contributed by atoms with E-state index in [9.17, 15) is 23.7 Å². The molecule has 0 fully saturated rings. The van der Waals surface area contributed by atoms with Gasteiger partial charge in [0.2, 0.25) is 12.5 Å². The molecule has 0 bridgehead atoms. The number of hydrogen-bond donors (Lipinski definition) is 0. The lowest BCUT2D eigenvalue weighted by Crippen LogP contribution is -2.51. The van der Waals surface area contributed by atoms with E-state index in [2.05, 4.69) is 5.10 Å². The van der Waals surface area contributed by atoms with Crippen LogP contribution in [-0.2, 0) is 9.67 Å². The fourth-order valence-electron chi connectivity index (χ4n) is 3.83. The SMILES string of the molecule is CC(=O)N1N=C(c2ccc(F)cc2F)S[C@@]12c1ccccc1OC[C@H]2CC[N+](=O)[O-]. The quantitative estimate of drug-likeness (QED) is 0.542. The van der Waals surface area contributed by atoms with Gasteiger partial charge in [0.25, 0.3) is 0 Å². The number of hydrazone groups is 1. The van der Waals surface area contributed by atoms with Gasteiger partial charge >= 0.3 is 0 Å². The zero-order valence-electron chi connectivity index (χ0n) is 15.9. The van der Waals surface area contributed by atoms with Crippen molar-refractivity contribution in [3.63, 3.8) is 0 Å². The second-order valence-corrected chi connectivity index (χ2v) is 8.22. The number of fused-ring (bicyclic) bond motifs is 2. The second-order valence-electron chi connectivity index (χ2n) is 7.01. The Hall–Kier alpha value is -3.01. The molecule has 2 aromatic rings. The van der Waals surface area contributed by atoms with E-state index in [-0.39, 0.29) is 30.2 Å². The molecule has 2 heterocycles. The maximum absolute atomic E-state index is 14.5. The van der Waals surface area contributed by atoms with E-state index < -0.39 is 33.3 Å². The van der Waals surface area contributed by atoms with Crippen LogP contribution in [0.25, 0.3) is 0 Å². The number of thioether (sulfide) groups is 1. The van der Waals surface area contributed by atoms with Crippen molar-refractivity contribution in [3.8, 4) is 5.75 Å². The van der Waals surface area contributed by atoms with E-state index in [0.717, 1.165) is 23.9 Å². The first-order valence-electron chi connectivity index (χ1n) is 9.21. The van der Waals surface area contributed by atoms with E-state index in [4.69, 9.17) is 4.74 Å². The molecule has 0 saturated heterocycles. The maximum Gasteiger partial charge on any atom is 0.241 e. The zero-order chi connectivity index (χ0) is 21.5. The third-order valence-electron chi connectivity index (χ3n) is 5.14. The molecule has 7 nitrogen and oxygen atoms in total. The van der Waals surface area contributed by atoms with Crippen molar-refractivity contribution in [2.24, 2.45) is 11.0 Å². The molecule has 0 radical (unpaired) electrons. The van der Waals surface area contributed by atoms with Crippen LogP contribution in [0.5, 0.6) is 5.75 Å². The molecule has 4 rings (SSSR count). The molecule has 2 atom stereocenters. The first kappa shape index (κ1) is 20.3. The van der Waals surface area contributed by atoms with Crippen molar-refractivity contribution in [3.05, 3.63) is 75.3 Å². The van der Waals surface area contributed by atoms with E-state index in [0.29, 0.717) is 11.3 Å². The largest absolute Gasteiger partial charge is 0.493 e. The summed E-state index contributed by atoms with van der Waals surface area (Å²) in [5.74, 6) is -1.87. The number of carbonyl (C=O) groups is 1. The van der Waals surface area contributed by atoms with Gasteiger partial charge in [0.1, 0.15) is 22.4 Å². The van der Waals surface area contributed by atoms with Crippen LogP contribution in [-0.4, -0.2) is 34.0 Å². The summed E-state index contributed by atoms with van der Waals surface area (Å²) in [7, 11) is 0. The summed E-state index contributed by atoms with van der Waals surface area (Å²) in [5, 5.41) is 16.9. The van der Waals surface area contributed by atoms with E-state index in [1.807, 2.05) is 0 Å². The van der Waals surface area contributed by atoms with Gasteiger partial charge in [-0.2, -0.15) is 5.10 Å². The van der Waals surface area contributed by atoms with Crippen LogP contribution in [0.2, 0.25) is 0 Å². The van der Waals surface area contributed by atoms with E-state index in [1.165, 1.54) is 18.0 Å². The number of halogens is 2. The highest BCUT2D eigenvalue weighted by atomic mass is 32.2. The van der Waals surface area contributed by atoms with Crippen molar-refractivity contribution in [2.45, 2.75) is 18.2 Å². The van der Waals surface area contributed by atoms with Crippen LogP contribution in [0.15, 0.2) is 47.6 Å². The summed E-state index contributed by atoms with van der Waals surface area (Å²) in [6.07, 6.45) is 0.132. The molecule has 10 heteroatoms. The minimum Gasteiger partial charge on any atom is -0.493 e. The minimum atomic E-state index is -1.13. The topological polar surface area (TPSA) is 85.0 Å². The Morgan fingerprint density at radius 1 is 1.37 bits per heavy atom. The van der Waals surface area contributed by atoms with Crippen molar-refractivity contribution in [1.29, 1.82) is 0 Å². The molecule has 0 aromatic heterocycles. The van der Waals surface area contributed by atoms with Gasteiger partial charge in [-0.25, -0.2) is 13.8 Å². The van der Waals surface area contributed by atoms with Gasteiger partial charge in [0, 0.05) is 41.4 Å². The fourth-order valence-corrected chi connectivity index (χ4v) is 5.41. The van der Waals surface area contributed by atoms with Gasteiger partial charge in [-0.1, -0.05) is 30.0 Å². The van der Waals surface area contributed by atoms with E-state index in [1.54, 1.807) is 24.3 Å². The molecule has 0 saturated carbocycles. The Balaban J connectivity index is 1.85. The normalized spacial score (nSPS) is 22.4. The van der Waals surface area contributed by atoms with Gasteiger partial charge in [-0.3, -0.25) is 14.9 Å². The molecule has 2 aliphatic heterocycles. The highest BCUT2D eigenvalue weighted by Gasteiger charge is 2.56. The number of benzene rings is 2. The number of para-hydroxylation sites is 1. The second kappa shape index (κ2) is 7.67. The summed E-state index contributed by atoms with van der Waals surface area (Å²) >= 11 is 1.14. The number of carbonyl (C=O) groups excluding carboxylic acids is 1. The van der Waals surface area contributed by atoms with Crippen molar-refractivity contribution in [1.82, 2.24) is 5.01 Å². The third-order valence-corrected chi connectivity index (χ3v) is 6.68. The summed E-state index contributed by atoms with van der Waals surface area (Å²) in [6, 6.07) is 10.2. The number of hydrogen-bond acceptors (Lipinski definition) is 6. The fraction of sp³-hybridized carbons (Fsp3) is 0.300. The molecule has 156 valence electrons. The van der Waals surface area contributed by atoms with Gasteiger partial charge < -0.3 is 4.74 Å². The number of rotatable bonds is 4. The maximum atomic E-state index is 14.5. The lowest BCUT2D eigenvalue weighted by molar-refractivity contribution is -0.482. The lowest BCUT2D eigenvalue weighted by atomic mass is 9.86. The molecular formula is C20H17F2N3O4S. The first-order valence-corrected chi connectivity index (χ1v) is 10.0. The lowest BCUT2D eigenvalue weighted by Gasteiger charge is -2.44. The summed E-state index contributed by atoms with van der Waals surface area (Å²) in [6.45, 7) is 1.15. The molecule has 1 spiro atoms. The third kappa shape index (κ3) is 3.30. The predicted octanol–water partition coefficient (Wildman–Crippen LogP) is 3.75. The van der Waals surface area contributed by atoms with Crippen molar-refractivity contribution in [2.75, 3.05) is 13.2 Å². The van der Waals surface area contributed by atoms with Crippen LogP contribution in [0.1, 0.15) is 24.5 Å². The van der Waals surface area contributed by atoms with Gasteiger partial charge in [0.15, 0.2) is 4.87 Å². The van der Waals surface area contributed by atoms with Crippen LogP contribution < -0.4 is 4.74 Å². The van der Waals surface area contributed by atoms with Crippen molar-refractivity contribution < 1.29 is 23.2 Å². The Morgan fingerprint density at radius 3 is 2.83 bits per heavy atom. The van der Waals surface area contributed by atoms with Gasteiger partial charge in [-0.15, -0.1) is 0 Å². The summed E-state index contributed by atoms with van der Waals surface area (Å²) in [4.78, 5) is 22.1. The number of nitrogens with zero attached hydrogens (tertiary/aromatic N) is 3. The average Bonchev–Trinajstić information content (AvgIpc) is 3.08. The monoisotopic (exact) mass is 433 g/mol. The van der Waals surface area contributed by atoms with Crippen LogP contribution in [0.4, 0.5) is 8.78 Å². The number of nitro groups is 1. The summed E-state index contributed by atoms with van der Waals surface area (Å²) < 4.78 is 33.7. The van der Waals surface area contributed by atoms with Crippen LogP contribution in [0, 0.1) is 27.7 Å². The van der Waals surface area contributed by atoms with Crippen LogP contribution >= 0.6 is 11.8 Å². The van der Waals surface area contributed by atoms with Gasteiger partial charge in [-0.05, 0) is 18.2 Å². The Kier molecular flexibility index (Phi) is 5.19. The van der Waals surface area contributed by atoms with E-state index >= 15 is 0 Å². The number of ether oxygens (including phenoxy) is 1. The number of amides is 1. The highest BCUT2D eigenvalue weighted by Crippen LogP contribution is 2.57. The molecule has 1 amide bonds. The predicted molar refractivity (Wildman–Crippen MR) is 107 cm³/mol. The van der Waals surface area contributed by atoms with Crippen LogP contribution in [0.3, 0.4) is 0 Å². The zero-order valence-corrected chi connectivity index (χ0v) is 16.7. The molecule has 0 aliphatic carbocycles.